The Balaban J connectivity index is 2.50. The highest BCUT2D eigenvalue weighted by Crippen LogP contribution is 2.18. The lowest BCUT2D eigenvalue weighted by molar-refractivity contribution is 0.0695. The minimum atomic E-state index is -1.42. The number of carboxylic acid groups (broad SMARTS) is 1. The average Bonchev–Trinajstić information content (AvgIpc) is 2.48. The Labute approximate surface area is 127 Å². The molecule has 0 bridgehead atoms. The predicted octanol–water partition coefficient (Wildman–Crippen LogP) is 2.27. The van der Waals surface area contributed by atoms with Crippen LogP contribution in [0.25, 0.3) is 16.9 Å². The Morgan fingerprint density at radius 3 is 2.77 bits per heavy atom. The van der Waals surface area contributed by atoms with Gasteiger partial charge in [0.2, 0.25) is 5.43 Å². The first kappa shape index (κ1) is 14.2. The first-order chi connectivity index (χ1) is 10.5. The van der Waals surface area contributed by atoms with Crippen LogP contribution < -0.4 is 5.43 Å². The molecule has 3 heterocycles. The first-order valence-electron chi connectivity index (χ1n) is 6.05. The molecular weight excluding hydrogens is 313 g/mol. The normalized spacial score (nSPS) is 10.8. The summed E-state index contributed by atoms with van der Waals surface area (Å²) in [5.41, 5.74) is -1.21. The van der Waals surface area contributed by atoms with Crippen LogP contribution in [-0.4, -0.2) is 25.6 Å². The molecule has 3 aromatic rings. The average molecular weight is 320 g/mol. The van der Waals surface area contributed by atoms with Gasteiger partial charge in [0.1, 0.15) is 10.7 Å². The lowest BCUT2D eigenvalue weighted by Gasteiger charge is -2.11. The van der Waals surface area contributed by atoms with Crippen molar-refractivity contribution in [3.63, 3.8) is 0 Å². The third-order valence-electron chi connectivity index (χ3n) is 3.01. The summed E-state index contributed by atoms with van der Waals surface area (Å²) in [6, 6.07) is 5.26. The van der Waals surface area contributed by atoms with Gasteiger partial charge in [-0.05, 0) is 24.3 Å². The van der Waals surface area contributed by atoms with E-state index in [9.17, 15) is 14.0 Å². The highest BCUT2D eigenvalue weighted by Gasteiger charge is 2.18. The van der Waals surface area contributed by atoms with Gasteiger partial charge < -0.3 is 5.11 Å². The van der Waals surface area contributed by atoms with Gasteiger partial charge in [0.25, 0.3) is 0 Å². The molecule has 3 rings (SSSR count). The number of rotatable bonds is 2. The zero-order valence-corrected chi connectivity index (χ0v) is 11.6. The smallest absolute Gasteiger partial charge is 0.341 e. The molecule has 0 aliphatic carbocycles. The number of aromatic nitrogens is 3. The van der Waals surface area contributed by atoms with Crippen molar-refractivity contribution in [3.05, 3.63) is 63.4 Å². The second-order valence-electron chi connectivity index (χ2n) is 4.36. The van der Waals surface area contributed by atoms with E-state index in [4.69, 9.17) is 16.7 Å². The zero-order chi connectivity index (χ0) is 15.9. The van der Waals surface area contributed by atoms with Gasteiger partial charge in [0.05, 0.1) is 5.39 Å². The molecule has 6 nitrogen and oxygen atoms in total. The molecule has 0 unspecified atom stereocenters. The van der Waals surface area contributed by atoms with Gasteiger partial charge in [-0.3, -0.25) is 9.36 Å². The number of carbonyl (C=O) groups is 1. The van der Waals surface area contributed by atoms with Crippen LogP contribution in [-0.2, 0) is 0 Å². The molecule has 0 radical (unpaired) electrons. The molecule has 0 aliphatic rings. The number of fused-ring (bicyclic) bond motifs is 1. The van der Waals surface area contributed by atoms with Crippen molar-refractivity contribution >= 4 is 28.6 Å². The minimum Gasteiger partial charge on any atom is -0.477 e. The number of carboxylic acids is 1. The largest absolute Gasteiger partial charge is 0.477 e. The summed E-state index contributed by atoms with van der Waals surface area (Å²) in [6.07, 6.45) is 2.33. The predicted molar refractivity (Wildman–Crippen MR) is 77.1 cm³/mol. The van der Waals surface area contributed by atoms with Crippen LogP contribution >= 0.6 is 11.6 Å². The molecule has 3 aromatic heterocycles. The van der Waals surface area contributed by atoms with Crippen LogP contribution in [0.4, 0.5) is 4.39 Å². The Kier molecular flexibility index (Phi) is 3.34. The summed E-state index contributed by atoms with van der Waals surface area (Å²) in [5.74, 6) is -2.29. The highest BCUT2D eigenvalue weighted by atomic mass is 35.5. The summed E-state index contributed by atoms with van der Waals surface area (Å²) < 4.78 is 15.1. The third kappa shape index (κ3) is 2.21. The first-order valence-corrected chi connectivity index (χ1v) is 6.43. The number of pyridine rings is 3. The van der Waals surface area contributed by atoms with E-state index < -0.39 is 22.8 Å². The molecule has 22 heavy (non-hydrogen) atoms. The lowest BCUT2D eigenvalue weighted by Crippen LogP contribution is -2.19. The molecular formula is C14H7ClFN3O3. The quantitative estimate of drug-likeness (QED) is 0.732. The maximum Gasteiger partial charge on any atom is 0.341 e. The summed E-state index contributed by atoms with van der Waals surface area (Å²) >= 11 is 5.82. The molecule has 0 saturated carbocycles. The van der Waals surface area contributed by atoms with Crippen molar-refractivity contribution in [1.29, 1.82) is 0 Å². The molecule has 0 aliphatic heterocycles. The molecule has 0 saturated heterocycles. The van der Waals surface area contributed by atoms with Gasteiger partial charge in [-0.1, -0.05) is 11.6 Å². The summed E-state index contributed by atoms with van der Waals surface area (Å²) in [6.45, 7) is 0. The second kappa shape index (κ2) is 5.19. The van der Waals surface area contributed by atoms with Crippen molar-refractivity contribution in [2.45, 2.75) is 0 Å². The topological polar surface area (TPSA) is 85.1 Å². The van der Waals surface area contributed by atoms with Crippen LogP contribution in [0.1, 0.15) is 10.4 Å². The molecule has 110 valence electrons. The Morgan fingerprint density at radius 2 is 2.09 bits per heavy atom. The molecule has 1 N–H and O–H groups in total. The molecule has 0 fully saturated rings. The van der Waals surface area contributed by atoms with Crippen molar-refractivity contribution in [2.24, 2.45) is 0 Å². The van der Waals surface area contributed by atoms with E-state index in [-0.39, 0.29) is 22.0 Å². The molecule has 0 atom stereocenters. The van der Waals surface area contributed by atoms with Crippen LogP contribution in [0.15, 0.2) is 41.5 Å². The van der Waals surface area contributed by atoms with Gasteiger partial charge >= 0.3 is 5.97 Å². The summed E-state index contributed by atoms with van der Waals surface area (Å²) in [5, 5.41) is 9.24. The number of hydrogen-bond acceptors (Lipinski definition) is 4. The molecule has 0 amide bonds. The maximum absolute atomic E-state index is 14.0. The SMILES string of the molecule is O=C(O)c1cn(-c2ncccc2F)c2nc(Cl)ccc2c1=O. The van der Waals surface area contributed by atoms with E-state index in [0.717, 1.165) is 16.8 Å². The number of hydrogen-bond donors (Lipinski definition) is 1. The van der Waals surface area contributed by atoms with E-state index in [0.29, 0.717) is 0 Å². The highest BCUT2D eigenvalue weighted by molar-refractivity contribution is 6.29. The molecule has 0 aromatic carbocycles. The maximum atomic E-state index is 14.0. The molecule has 0 spiro atoms. The lowest BCUT2D eigenvalue weighted by atomic mass is 10.2. The third-order valence-corrected chi connectivity index (χ3v) is 3.22. The Bertz CT molecular complexity index is 971. The van der Waals surface area contributed by atoms with Crippen molar-refractivity contribution < 1.29 is 14.3 Å². The number of nitrogens with zero attached hydrogens (tertiary/aromatic N) is 3. The summed E-state index contributed by atoms with van der Waals surface area (Å²) in [4.78, 5) is 31.2. The standard InChI is InChI=1S/C14H7ClFN3O3/c15-10-4-3-7-11(20)8(14(21)22)6-19(12(7)18-10)13-9(16)2-1-5-17-13/h1-6H,(H,21,22). The van der Waals surface area contributed by atoms with Crippen molar-refractivity contribution in [1.82, 2.24) is 14.5 Å². The van der Waals surface area contributed by atoms with Crippen molar-refractivity contribution in [2.75, 3.05) is 0 Å². The number of halogens is 2. The van der Waals surface area contributed by atoms with Crippen LogP contribution in [0, 0.1) is 5.82 Å². The van der Waals surface area contributed by atoms with Crippen LogP contribution in [0.2, 0.25) is 5.15 Å². The summed E-state index contributed by atoms with van der Waals surface area (Å²) in [7, 11) is 0. The van der Waals surface area contributed by atoms with Crippen molar-refractivity contribution in [3.8, 4) is 5.82 Å². The van der Waals surface area contributed by atoms with E-state index >= 15 is 0 Å². The van der Waals surface area contributed by atoms with E-state index in [2.05, 4.69) is 9.97 Å². The monoisotopic (exact) mass is 319 g/mol. The van der Waals surface area contributed by atoms with E-state index in [1.54, 1.807) is 0 Å². The second-order valence-corrected chi connectivity index (χ2v) is 4.75. The van der Waals surface area contributed by atoms with E-state index in [1.165, 1.54) is 24.4 Å². The van der Waals surface area contributed by atoms with Gasteiger partial charge in [0.15, 0.2) is 17.3 Å². The Hall–Kier alpha value is -2.80. The van der Waals surface area contributed by atoms with Crippen LogP contribution in [0.3, 0.4) is 0 Å². The number of aromatic carboxylic acids is 1. The van der Waals surface area contributed by atoms with Gasteiger partial charge in [-0.2, -0.15) is 0 Å². The Morgan fingerprint density at radius 1 is 1.32 bits per heavy atom. The van der Waals surface area contributed by atoms with Crippen LogP contribution in [0.5, 0.6) is 0 Å². The fourth-order valence-electron chi connectivity index (χ4n) is 2.05. The van der Waals surface area contributed by atoms with Gasteiger partial charge in [-0.25, -0.2) is 19.2 Å². The fourth-order valence-corrected chi connectivity index (χ4v) is 2.19. The molecule has 8 heteroatoms. The fraction of sp³-hybridized carbons (Fsp3) is 0. The van der Waals surface area contributed by atoms with Gasteiger partial charge in [0, 0.05) is 12.4 Å². The zero-order valence-electron chi connectivity index (χ0n) is 10.8. The van der Waals surface area contributed by atoms with E-state index in [1.807, 2.05) is 0 Å². The minimum absolute atomic E-state index is 0.00866. The van der Waals surface area contributed by atoms with Gasteiger partial charge in [-0.15, -0.1) is 0 Å².